The van der Waals surface area contributed by atoms with Gasteiger partial charge in [0, 0.05) is 12.0 Å². The molecule has 29 heavy (non-hydrogen) atoms. The predicted octanol–water partition coefficient (Wildman–Crippen LogP) is 8.86. The molecule has 0 aromatic heterocycles. The second-order valence-corrected chi connectivity index (χ2v) is 9.55. The van der Waals surface area contributed by atoms with Crippen LogP contribution in [0.4, 0.5) is 0 Å². The van der Waals surface area contributed by atoms with Gasteiger partial charge in [-0.15, -0.1) is 6.58 Å². The third-order valence-corrected chi connectivity index (χ3v) is 6.51. The summed E-state index contributed by atoms with van der Waals surface area (Å²) >= 11 is 0. The van der Waals surface area contributed by atoms with Gasteiger partial charge in [0.05, 0.1) is 20.6 Å². The summed E-state index contributed by atoms with van der Waals surface area (Å²) in [6.07, 6.45) is 23.1. The molecule has 0 N–H and O–H groups in total. The van der Waals surface area contributed by atoms with Gasteiger partial charge < -0.3 is 4.48 Å². The number of rotatable bonds is 19. The lowest BCUT2D eigenvalue weighted by molar-refractivity contribution is -0.921. The lowest BCUT2D eigenvalue weighted by Gasteiger charge is -2.38. The van der Waals surface area contributed by atoms with Gasteiger partial charge in [-0.05, 0) is 12.8 Å². The number of hydrogen-bond acceptors (Lipinski definition) is 0. The Bertz CT molecular complexity index is 490. The molecule has 0 radical (unpaired) electrons. The normalized spacial score (nSPS) is 12.8. The van der Waals surface area contributed by atoms with Gasteiger partial charge in [0.15, 0.2) is 0 Å². The van der Waals surface area contributed by atoms with Gasteiger partial charge in [0.25, 0.3) is 0 Å². The number of unbranched alkanes of at least 4 members (excludes halogenated alkanes) is 13. The molecule has 166 valence electrons. The minimum atomic E-state index is 0.524. The molecule has 0 amide bonds. The van der Waals surface area contributed by atoms with E-state index in [1.165, 1.54) is 102 Å². The Morgan fingerprint density at radius 2 is 1.17 bits per heavy atom. The average molecular weight is 401 g/mol. The molecule has 1 unspecified atom stereocenters. The Morgan fingerprint density at radius 3 is 1.62 bits per heavy atom. The molecule has 1 atom stereocenters. The van der Waals surface area contributed by atoms with E-state index < -0.39 is 0 Å². The summed E-state index contributed by atoms with van der Waals surface area (Å²) in [7, 11) is 4.78. The standard InChI is InChI=1S/C28H50N/c1-5-7-8-9-10-11-12-13-14-15-16-17-18-22-26-29(3,4)28(23-6-2)27-24-20-19-21-25-27/h6,19-21,24-25,28H,2,5,7-18,22-23,26H2,1,3-4H3/q+1. The summed E-state index contributed by atoms with van der Waals surface area (Å²) < 4.78 is 1.06. The maximum Gasteiger partial charge on any atom is 0.118 e. The highest BCUT2D eigenvalue weighted by molar-refractivity contribution is 5.18. The highest BCUT2D eigenvalue weighted by Gasteiger charge is 2.28. The van der Waals surface area contributed by atoms with Crippen molar-refractivity contribution in [1.82, 2.24) is 0 Å². The largest absolute Gasteiger partial charge is 0.322 e. The van der Waals surface area contributed by atoms with E-state index in [1.54, 1.807) is 0 Å². The molecule has 1 aromatic rings. The van der Waals surface area contributed by atoms with Crippen LogP contribution in [0.15, 0.2) is 43.0 Å². The average Bonchev–Trinajstić information content (AvgIpc) is 2.72. The zero-order chi connectivity index (χ0) is 21.2. The molecule has 0 fully saturated rings. The Balaban J connectivity index is 2.07. The summed E-state index contributed by atoms with van der Waals surface area (Å²) in [5.74, 6) is 0. The van der Waals surface area contributed by atoms with E-state index in [1.807, 2.05) is 0 Å². The van der Waals surface area contributed by atoms with E-state index in [-0.39, 0.29) is 0 Å². The molecular weight excluding hydrogens is 350 g/mol. The van der Waals surface area contributed by atoms with Crippen molar-refractivity contribution in [3.05, 3.63) is 48.6 Å². The topological polar surface area (TPSA) is 0 Å². The van der Waals surface area contributed by atoms with Crippen molar-refractivity contribution in [3.63, 3.8) is 0 Å². The summed E-state index contributed by atoms with van der Waals surface area (Å²) in [6.45, 7) is 7.55. The molecule has 1 nitrogen and oxygen atoms in total. The Morgan fingerprint density at radius 1 is 0.724 bits per heavy atom. The second kappa shape index (κ2) is 16.7. The molecule has 0 heterocycles. The first-order chi connectivity index (χ1) is 14.1. The van der Waals surface area contributed by atoms with Gasteiger partial charge >= 0.3 is 0 Å². The number of benzene rings is 1. The molecule has 0 aliphatic heterocycles. The van der Waals surface area contributed by atoms with E-state index in [4.69, 9.17) is 0 Å². The van der Waals surface area contributed by atoms with Crippen molar-refractivity contribution in [1.29, 1.82) is 0 Å². The maximum atomic E-state index is 4.00. The third kappa shape index (κ3) is 12.3. The van der Waals surface area contributed by atoms with Crippen molar-refractivity contribution in [2.45, 2.75) is 109 Å². The fraction of sp³-hybridized carbons (Fsp3) is 0.714. The zero-order valence-electron chi connectivity index (χ0n) is 20.0. The predicted molar refractivity (Wildman–Crippen MR) is 131 cm³/mol. The monoisotopic (exact) mass is 400 g/mol. The molecular formula is C28H50N+. The second-order valence-electron chi connectivity index (χ2n) is 9.55. The van der Waals surface area contributed by atoms with Crippen LogP contribution in [-0.2, 0) is 0 Å². The first-order valence-electron chi connectivity index (χ1n) is 12.6. The number of nitrogens with zero attached hydrogens (tertiary/aromatic N) is 1. The van der Waals surface area contributed by atoms with Crippen LogP contribution in [0, 0.1) is 0 Å². The molecule has 0 saturated carbocycles. The Kier molecular flexibility index (Phi) is 14.9. The van der Waals surface area contributed by atoms with E-state index >= 15 is 0 Å². The molecule has 1 heteroatoms. The first-order valence-corrected chi connectivity index (χ1v) is 12.6. The van der Waals surface area contributed by atoms with Gasteiger partial charge in [0.2, 0.25) is 0 Å². The zero-order valence-corrected chi connectivity index (χ0v) is 20.0. The van der Waals surface area contributed by atoms with Gasteiger partial charge in [-0.25, -0.2) is 0 Å². The molecule has 1 rings (SSSR count). The lowest BCUT2D eigenvalue weighted by atomic mass is 9.99. The quantitative estimate of drug-likeness (QED) is 0.123. The van der Waals surface area contributed by atoms with Crippen LogP contribution < -0.4 is 0 Å². The van der Waals surface area contributed by atoms with Crippen molar-refractivity contribution < 1.29 is 4.48 Å². The van der Waals surface area contributed by atoms with Gasteiger partial charge in [-0.2, -0.15) is 0 Å². The summed E-state index contributed by atoms with van der Waals surface area (Å²) in [5.41, 5.74) is 1.45. The molecule has 1 aromatic carbocycles. The number of hydrogen-bond donors (Lipinski definition) is 0. The summed E-state index contributed by atoms with van der Waals surface area (Å²) in [6, 6.07) is 11.5. The first kappa shape index (κ1) is 26.0. The minimum absolute atomic E-state index is 0.524. The van der Waals surface area contributed by atoms with Gasteiger partial charge in [0.1, 0.15) is 6.04 Å². The summed E-state index contributed by atoms with van der Waals surface area (Å²) in [5, 5.41) is 0. The molecule has 0 aliphatic rings. The van der Waals surface area contributed by atoms with Crippen LogP contribution in [0.3, 0.4) is 0 Å². The van der Waals surface area contributed by atoms with Crippen LogP contribution >= 0.6 is 0 Å². The van der Waals surface area contributed by atoms with Crippen LogP contribution in [-0.4, -0.2) is 25.1 Å². The Labute approximate surface area is 183 Å². The van der Waals surface area contributed by atoms with Crippen molar-refractivity contribution in [2.75, 3.05) is 20.6 Å². The smallest absolute Gasteiger partial charge is 0.118 e. The fourth-order valence-electron chi connectivity index (χ4n) is 4.53. The highest BCUT2D eigenvalue weighted by atomic mass is 15.3. The van der Waals surface area contributed by atoms with Crippen molar-refractivity contribution in [3.8, 4) is 0 Å². The van der Waals surface area contributed by atoms with Crippen LogP contribution in [0.2, 0.25) is 0 Å². The highest BCUT2D eigenvalue weighted by Crippen LogP contribution is 2.29. The molecule has 0 spiro atoms. The van der Waals surface area contributed by atoms with E-state index in [2.05, 4.69) is 64.0 Å². The van der Waals surface area contributed by atoms with Crippen LogP contribution in [0.25, 0.3) is 0 Å². The third-order valence-electron chi connectivity index (χ3n) is 6.51. The van der Waals surface area contributed by atoms with Crippen LogP contribution in [0.1, 0.15) is 115 Å². The molecule has 0 saturated heterocycles. The Hall–Kier alpha value is -1.08. The SMILES string of the molecule is C=CCC(c1ccccc1)[N+](C)(C)CCCCCCCCCCCCCCCC. The lowest BCUT2D eigenvalue weighted by Crippen LogP contribution is -2.43. The maximum absolute atomic E-state index is 4.00. The van der Waals surface area contributed by atoms with Gasteiger partial charge in [-0.1, -0.05) is 120 Å². The van der Waals surface area contributed by atoms with E-state index in [0.717, 1.165) is 10.9 Å². The van der Waals surface area contributed by atoms with Crippen molar-refractivity contribution in [2.24, 2.45) is 0 Å². The number of quaternary nitrogens is 1. The van der Waals surface area contributed by atoms with Crippen molar-refractivity contribution >= 4 is 0 Å². The minimum Gasteiger partial charge on any atom is -0.322 e. The van der Waals surface area contributed by atoms with Crippen LogP contribution in [0.5, 0.6) is 0 Å². The van der Waals surface area contributed by atoms with Gasteiger partial charge in [-0.3, -0.25) is 0 Å². The van der Waals surface area contributed by atoms with E-state index in [9.17, 15) is 0 Å². The summed E-state index contributed by atoms with van der Waals surface area (Å²) in [4.78, 5) is 0. The fourth-order valence-corrected chi connectivity index (χ4v) is 4.53. The van der Waals surface area contributed by atoms with E-state index in [0.29, 0.717) is 6.04 Å². The molecule has 0 bridgehead atoms. The molecule has 0 aliphatic carbocycles.